The van der Waals surface area contributed by atoms with Crippen molar-refractivity contribution < 1.29 is 5.11 Å². The van der Waals surface area contributed by atoms with Crippen molar-refractivity contribution in [3.8, 4) is 11.8 Å². The fourth-order valence-electron chi connectivity index (χ4n) is 1.40. The zero-order valence-corrected chi connectivity index (χ0v) is 11.2. The maximum absolute atomic E-state index is 9.97. The average molecular weight is 283 g/mol. The van der Waals surface area contributed by atoms with Crippen molar-refractivity contribution in [1.82, 2.24) is 0 Å². The Balaban J connectivity index is 3.39. The molecule has 0 aliphatic heterocycles. The number of aromatic hydroxyl groups is 1. The van der Waals surface area contributed by atoms with Crippen molar-refractivity contribution in [2.24, 2.45) is 11.1 Å². The number of halogens is 1. The van der Waals surface area contributed by atoms with Gasteiger partial charge in [0.25, 0.3) is 0 Å². The maximum atomic E-state index is 9.97. The fourth-order valence-corrected chi connectivity index (χ4v) is 1.97. The minimum absolute atomic E-state index is 0.0284. The lowest BCUT2D eigenvalue weighted by atomic mass is 9.82. The normalized spacial score (nSPS) is 13.2. The molecule has 0 heterocycles. The lowest BCUT2D eigenvalue weighted by Crippen LogP contribution is -2.26. The summed E-state index contributed by atoms with van der Waals surface area (Å²) in [4.78, 5) is 0. The van der Waals surface area contributed by atoms with E-state index in [4.69, 9.17) is 11.0 Å². The number of benzene rings is 1. The van der Waals surface area contributed by atoms with Crippen LogP contribution in [0.5, 0.6) is 5.75 Å². The number of hydrogen-bond acceptors (Lipinski definition) is 3. The average Bonchev–Trinajstić information content (AvgIpc) is 2.16. The zero-order valence-electron chi connectivity index (χ0n) is 9.58. The molecule has 0 spiro atoms. The van der Waals surface area contributed by atoms with Crippen molar-refractivity contribution in [1.29, 1.82) is 5.26 Å². The second kappa shape index (κ2) is 4.44. The highest BCUT2D eigenvalue weighted by atomic mass is 79.9. The molecule has 16 heavy (non-hydrogen) atoms. The van der Waals surface area contributed by atoms with Gasteiger partial charge in [-0.3, -0.25) is 0 Å². The molecule has 86 valence electrons. The predicted molar refractivity (Wildman–Crippen MR) is 66.9 cm³/mol. The number of phenols is 1. The molecule has 0 aliphatic rings. The summed E-state index contributed by atoms with van der Waals surface area (Å²) >= 11 is 3.35. The number of nitrogens with zero attached hydrogens (tertiary/aromatic N) is 1. The molecule has 4 heteroatoms. The zero-order chi connectivity index (χ0) is 12.5. The highest BCUT2D eigenvalue weighted by Gasteiger charge is 2.27. The summed E-state index contributed by atoms with van der Waals surface area (Å²) in [5.41, 5.74) is 6.75. The van der Waals surface area contributed by atoms with E-state index in [0.29, 0.717) is 5.56 Å². The first-order valence-electron chi connectivity index (χ1n) is 4.96. The minimum Gasteiger partial charge on any atom is -0.506 e. The maximum Gasteiger partial charge on any atom is 0.139 e. The molecule has 0 aromatic heterocycles. The van der Waals surface area contributed by atoms with Crippen molar-refractivity contribution in [3.05, 3.63) is 27.7 Å². The smallest absolute Gasteiger partial charge is 0.139 e. The van der Waals surface area contributed by atoms with Crippen LogP contribution in [0.3, 0.4) is 0 Å². The molecule has 1 aromatic carbocycles. The Bertz CT molecular complexity index is 444. The first kappa shape index (κ1) is 13.0. The van der Waals surface area contributed by atoms with Gasteiger partial charge in [0.05, 0.1) is 5.56 Å². The summed E-state index contributed by atoms with van der Waals surface area (Å²) in [6.07, 6.45) is 0. The predicted octanol–water partition coefficient (Wildman–Crippen LogP) is 3.07. The standard InChI is InChI=1S/C12H15BrN2O/c1-12(2,3)11(15)9-8(13)5-4-7(6-14)10(9)16/h4-5,11,16H,15H2,1-3H3/t11-/m1/s1. The van der Waals surface area contributed by atoms with E-state index < -0.39 is 0 Å². The van der Waals surface area contributed by atoms with E-state index in [-0.39, 0.29) is 22.8 Å². The van der Waals surface area contributed by atoms with Crippen LogP contribution in [0, 0.1) is 16.7 Å². The van der Waals surface area contributed by atoms with E-state index in [1.165, 1.54) is 0 Å². The number of hydrogen-bond donors (Lipinski definition) is 2. The second-order valence-electron chi connectivity index (χ2n) is 4.81. The Labute approximate surface area is 104 Å². The van der Waals surface area contributed by atoms with Gasteiger partial charge in [-0.05, 0) is 17.5 Å². The van der Waals surface area contributed by atoms with Crippen LogP contribution in [0.4, 0.5) is 0 Å². The van der Waals surface area contributed by atoms with E-state index >= 15 is 0 Å². The van der Waals surface area contributed by atoms with E-state index in [1.807, 2.05) is 26.8 Å². The molecule has 0 amide bonds. The lowest BCUT2D eigenvalue weighted by molar-refractivity contribution is 0.316. The van der Waals surface area contributed by atoms with E-state index in [1.54, 1.807) is 12.1 Å². The summed E-state index contributed by atoms with van der Waals surface area (Å²) < 4.78 is 0.728. The number of phenolic OH excluding ortho intramolecular Hbond substituents is 1. The molecule has 0 radical (unpaired) electrons. The molecule has 1 aromatic rings. The summed E-state index contributed by atoms with van der Waals surface area (Å²) in [6, 6.07) is 4.91. The van der Waals surface area contributed by atoms with Crippen LogP contribution in [0.1, 0.15) is 37.9 Å². The Kier molecular flexibility index (Phi) is 3.61. The number of nitrogens with two attached hydrogens (primary N) is 1. The van der Waals surface area contributed by atoms with Crippen molar-refractivity contribution in [3.63, 3.8) is 0 Å². The van der Waals surface area contributed by atoms with Crippen molar-refractivity contribution in [2.75, 3.05) is 0 Å². The third-order valence-electron chi connectivity index (χ3n) is 2.53. The third kappa shape index (κ3) is 2.37. The largest absolute Gasteiger partial charge is 0.506 e. The monoisotopic (exact) mass is 282 g/mol. The molecule has 0 fully saturated rings. The van der Waals surface area contributed by atoms with E-state index in [9.17, 15) is 5.11 Å². The molecule has 1 rings (SSSR count). The Morgan fingerprint density at radius 2 is 2.00 bits per heavy atom. The van der Waals surface area contributed by atoms with Gasteiger partial charge in [0.1, 0.15) is 11.8 Å². The number of rotatable bonds is 1. The highest BCUT2D eigenvalue weighted by Crippen LogP contribution is 2.40. The van der Waals surface area contributed by atoms with E-state index in [2.05, 4.69) is 15.9 Å². The van der Waals surface area contributed by atoms with Crippen LogP contribution in [0.15, 0.2) is 16.6 Å². The minimum atomic E-state index is -0.338. The highest BCUT2D eigenvalue weighted by molar-refractivity contribution is 9.10. The topological polar surface area (TPSA) is 70.0 Å². The fraction of sp³-hybridized carbons (Fsp3) is 0.417. The van der Waals surface area contributed by atoms with Crippen molar-refractivity contribution >= 4 is 15.9 Å². The summed E-state index contributed by atoms with van der Waals surface area (Å²) in [6.45, 7) is 5.97. The summed E-state index contributed by atoms with van der Waals surface area (Å²) in [7, 11) is 0. The van der Waals surface area contributed by atoms with Crippen LogP contribution in [0.2, 0.25) is 0 Å². The lowest BCUT2D eigenvalue weighted by Gasteiger charge is -2.28. The summed E-state index contributed by atoms with van der Waals surface area (Å²) in [5.74, 6) is -0.0284. The van der Waals surface area contributed by atoms with Gasteiger partial charge in [-0.2, -0.15) is 5.26 Å². The van der Waals surface area contributed by atoms with Crippen LogP contribution in [0.25, 0.3) is 0 Å². The van der Waals surface area contributed by atoms with Gasteiger partial charge in [0.2, 0.25) is 0 Å². The molecular formula is C12H15BrN2O. The summed E-state index contributed by atoms with van der Waals surface area (Å²) in [5, 5.41) is 18.8. The van der Waals surface area contributed by atoms with Gasteiger partial charge in [-0.15, -0.1) is 0 Å². The van der Waals surface area contributed by atoms with Crippen molar-refractivity contribution in [2.45, 2.75) is 26.8 Å². The van der Waals surface area contributed by atoms with Crippen LogP contribution < -0.4 is 5.73 Å². The van der Waals surface area contributed by atoms with E-state index in [0.717, 1.165) is 4.47 Å². The van der Waals surface area contributed by atoms with Crippen LogP contribution >= 0.6 is 15.9 Å². The Hall–Kier alpha value is -1.05. The Morgan fingerprint density at radius 3 is 2.44 bits per heavy atom. The van der Waals surface area contributed by atoms with Gasteiger partial charge in [-0.25, -0.2) is 0 Å². The first-order chi connectivity index (χ1) is 7.29. The van der Waals surface area contributed by atoms with Gasteiger partial charge < -0.3 is 10.8 Å². The molecule has 1 atom stereocenters. The molecule has 0 bridgehead atoms. The molecule has 0 aliphatic carbocycles. The van der Waals surface area contributed by atoms with Gasteiger partial charge in [-0.1, -0.05) is 36.7 Å². The van der Waals surface area contributed by atoms with Gasteiger partial charge >= 0.3 is 0 Å². The molecule has 3 nitrogen and oxygen atoms in total. The molecular weight excluding hydrogens is 268 g/mol. The third-order valence-corrected chi connectivity index (χ3v) is 3.22. The van der Waals surface area contributed by atoms with Crippen LogP contribution in [-0.2, 0) is 0 Å². The van der Waals surface area contributed by atoms with Gasteiger partial charge in [0.15, 0.2) is 0 Å². The Morgan fingerprint density at radius 1 is 1.44 bits per heavy atom. The SMILES string of the molecule is CC(C)(C)[C@H](N)c1c(Br)ccc(C#N)c1O. The molecule has 0 saturated carbocycles. The first-order valence-corrected chi connectivity index (χ1v) is 5.75. The van der Waals surface area contributed by atoms with Crippen LogP contribution in [-0.4, -0.2) is 5.11 Å². The number of nitriles is 1. The molecule has 3 N–H and O–H groups in total. The second-order valence-corrected chi connectivity index (χ2v) is 5.67. The molecule has 0 unspecified atom stereocenters. The van der Waals surface area contributed by atoms with Gasteiger partial charge in [0, 0.05) is 16.1 Å². The quantitative estimate of drug-likeness (QED) is 0.832. The molecule has 0 saturated heterocycles.